The summed E-state index contributed by atoms with van der Waals surface area (Å²) in [4.78, 5) is 14.7. The van der Waals surface area contributed by atoms with Crippen LogP contribution in [0, 0.1) is 6.92 Å². The summed E-state index contributed by atoms with van der Waals surface area (Å²) in [6.07, 6.45) is 0. The normalized spacial score (nSPS) is 14.4. The second kappa shape index (κ2) is 10.4. The highest BCUT2D eigenvalue weighted by molar-refractivity contribution is 7.17. The molecule has 176 valence electrons. The molecule has 3 heterocycles. The minimum atomic E-state index is -0.209. The highest BCUT2D eigenvalue weighted by atomic mass is 32.1. The van der Waals surface area contributed by atoms with Gasteiger partial charge in [0.1, 0.15) is 5.75 Å². The number of aryl methyl sites for hydroxylation is 1. The van der Waals surface area contributed by atoms with E-state index in [1.54, 1.807) is 17.4 Å². The number of benzene rings is 2. The van der Waals surface area contributed by atoms with Crippen molar-refractivity contribution in [2.75, 3.05) is 32.9 Å². The first-order valence-corrected chi connectivity index (χ1v) is 12.2. The van der Waals surface area contributed by atoms with E-state index in [1.165, 1.54) is 15.6 Å². The van der Waals surface area contributed by atoms with Crippen molar-refractivity contribution in [2.24, 2.45) is 0 Å². The van der Waals surface area contributed by atoms with Gasteiger partial charge in [-0.15, -0.1) is 11.3 Å². The van der Waals surface area contributed by atoms with Crippen molar-refractivity contribution in [2.45, 2.75) is 20.0 Å². The molecule has 0 aliphatic carbocycles. The van der Waals surface area contributed by atoms with Gasteiger partial charge in [0.15, 0.2) is 12.4 Å². The first-order chi connectivity index (χ1) is 16.7. The van der Waals surface area contributed by atoms with Crippen LogP contribution < -0.4 is 10.1 Å². The molecule has 1 aliphatic heterocycles. The van der Waals surface area contributed by atoms with E-state index in [9.17, 15) is 4.79 Å². The molecule has 1 saturated heterocycles. The van der Waals surface area contributed by atoms with E-state index in [-0.39, 0.29) is 19.1 Å². The third-order valence-electron chi connectivity index (χ3n) is 5.85. The number of fused-ring (bicyclic) bond motifs is 1. The molecule has 7 nitrogen and oxygen atoms in total. The van der Waals surface area contributed by atoms with E-state index in [1.807, 2.05) is 13.0 Å². The molecule has 34 heavy (non-hydrogen) atoms. The van der Waals surface area contributed by atoms with E-state index in [0.29, 0.717) is 5.76 Å². The first-order valence-electron chi connectivity index (χ1n) is 11.4. The van der Waals surface area contributed by atoms with Crippen molar-refractivity contribution in [3.05, 3.63) is 70.9 Å². The van der Waals surface area contributed by atoms with Crippen molar-refractivity contribution in [3.63, 3.8) is 0 Å². The Hall–Kier alpha value is -3.20. The van der Waals surface area contributed by atoms with Crippen LogP contribution in [0.5, 0.6) is 5.75 Å². The zero-order chi connectivity index (χ0) is 23.3. The zero-order valence-electron chi connectivity index (χ0n) is 19.1. The minimum absolute atomic E-state index is 0.0655. The molecule has 0 unspecified atom stereocenters. The van der Waals surface area contributed by atoms with Gasteiger partial charge in [-0.1, -0.05) is 29.4 Å². The van der Waals surface area contributed by atoms with Gasteiger partial charge in [0.25, 0.3) is 5.91 Å². The van der Waals surface area contributed by atoms with Gasteiger partial charge in [0.2, 0.25) is 0 Å². The molecule has 2 aromatic carbocycles. The van der Waals surface area contributed by atoms with Crippen LogP contribution in [-0.4, -0.2) is 48.9 Å². The maximum absolute atomic E-state index is 12.4. The largest absolute Gasteiger partial charge is 0.483 e. The van der Waals surface area contributed by atoms with Crippen molar-refractivity contribution in [3.8, 4) is 16.9 Å². The smallest absolute Gasteiger partial charge is 0.258 e. The first kappa shape index (κ1) is 22.6. The molecule has 0 bridgehead atoms. The maximum Gasteiger partial charge on any atom is 0.258 e. The lowest BCUT2D eigenvalue weighted by molar-refractivity contribution is -0.123. The summed E-state index contributed by atoms with van der Waals surface area (Å²) < 4.78 is 17.9. The number of nitrogens with one attached hydrogen (secondary N) is 1. The fraction of sp³-hybridized carbons (Fsp3) is 0.308. The second-order valence-corrected chi connectivity index (χ2v) is 9.27. The standard InChI is InChI=1S/C26H27N3O4S/c1-18-12-21(33-28-18)14-27-26(30)16-32-24-7-6-19(13-20(24)15-29-8-10-31-11-9-29)23-17-34-25-5-3-2-4-22(23)25/h2-7,12-13,17H,8-11,14-16H2,1H3,(H,27,30). The molecule has 8 heteroatoms. The number of rotatable bonds is 8. The number of carbonyl (C=O) groups is 1. The van der Waals surface area contributed by atoms with Crippen molar-refractivity contribution >= 4 is 27.3 Å². The Kier molecular flexibility index (Phi) is 6.89. The number of aromatic nitrogens is 1. The van der Waals surface area contributed by atoms with E-state index in [4.69, 9.17) is 14.0 Å². The molecule has 0 atom stereocenters. The van der Waals surface area contributed by atoms with Crippen molar-refractivity contribution in [1.82, 2.24) is 15.4 Å². The molecular weight excluding hydrogens is 450 g/mol. The SMILES string of the molecule is Cc1cc(CNC(=O)COc2ccc(-c3csc4ccccc34)cc2CN2CCOCC2)on1. The average molecular weight is 478 g/mol. The molecular formula is C26H27N3O4S. The summed E-state index contributed by atoms with van der Waals surface area (Å²) in [5.74, 6) is 1.13. The average Bonchev–Trinajstić information content (AvgIpc) is 3.48. The molecule has 5 rings (SSSR count). The van der Waals surface area contributed by atoms with Crippen LogP contribution in [0.1, 0.15) is 17.0 Å². The Morgan fingerprint density at radius 2 is 2.03 bits per heavy atom. The number of morpholine rings is 1. The van der Waals surface area contributed by atoms with Crippen LogP contribution in [0.2, 0.25) is 0 Å². The van der Waals surface area contributed by atoms with Crippen LogP contribution in [0.3, 0.4) is 0 Å². The van der Waals surface area contributed by atoms with E-state index in [2.05, 4.69) is 57.2 Å². The molecule has 4 aromatic rings. The molecule has 1 aliphatic rings. The van der Waals surface area contributed by atoms with Gasteiger partial charge in [-0.05, 0) is 36.1 Å². The highest BCUT2D eigenvalue weighted by Crippen LogP contribution is 2.36. The number of hydrogen-bond donors (Lipinski definition) is 1. The van der Waals surface area contributed by atoms with Gasteiger partial charge in [-0.2, -0.15) is 0 Å². The van der Waals surface area contributed by atoms with Gasteiger partial charge in [0.05, 0.1) is 25.5 Å². The van der Waals surface area contributed by atoms with Gasteiger partial charge >= 0.3 is 0 Å². The Morgan fingerprint density at radius 3 is 2.85 bits per heavy atom. The Balaban J connectivity index is 1.33. The molecule has 0 radical (unpaired) electrons. The molecule has 0 spiro atoms. The summed E-state index contributed by atoms with van der Waals surface area (Å²) in [5.41, 5.74) is 4.22. The van der Waals surface area contributed by atoms with Gasteiger partial charge in [-0.25, -0.2) is 0 Å². The molecule has 0 saturated carbocycles. The Labute approximate surface area is 202 Å². The lowest BCUT2D eigenvalue weighted by Gasteiger charge is -2.27. The highest BCUT2D eigenvalue weighted by Gasteiger charge is 2.16. The van der Waals surface area contributed by atoms with Crippen LogP contribution in [0.15, 0.2) is 58.4 Å². The predicted molar refractivity (Wildman–Crippen MR) is 132 cm³/mol. The topological polar surface area (TPSA) is 76.8 Å². The number of nitrogens with zero attached hydrogens (tertiary/aromatic N) is 2. The van der Waals surface area contributed by atoms with E-state index >= 15 is 0 Å². The second-order valence-electron chi connectivity index (χ2n) is 8.36. The van der Waals surface area contributed by atoms with Crippen molar-refractivity contribution < 1.29 is 18.8 Å². The van der Waals surface area contributed by atoms with Crippen LogP contribution >= 0.6 is 11.3 Å². The van der Waals surface area contributed by atoms with Gasteiger partial charge in [-0.3, -0.25) is 9.69 Å². The fourth-order valence-corrected chi connectivity index (χ4v) is 5.06. The summed E-state index contributed by atoms with van der Waals surface area (Å²) in [6, 6.07) is 16.5. The minimum Gasteiger partial charge on any atom is -0.483 e. The quantitative estimate of drug-likeness (QED) is 0.406. The van der Waals surface area contributed by atoms with Crippen LogP contribution in [0.25, 0.3) is 21.2 Å². The Bertz CT molecular complexity index is 1280. The third-order valence-corrected chi connectivity index (χ3v) is 6.81. The van der Waals surface area contributed by atoms with Crippen molar-refractivity contribution in [1.29, 1.82) is 0 Å². The van der Waals surface area contributed by atoms with Crippen LogP contribution in [-0.2, 0) is 22.6 Å². The number of hydrogen-bond acceptors (Lipinski definition) is 7. The summed E-state index contributed by atoms with van der Waals surface area (Å²) in [5, 5.41) is 10.1. The molecule has 1 fully saturated rings. The molecule has 1 amide bonds. The third kappa shape index (κ3) is 5.30. The summed E-state index contributed by atoms with van der Waals surface area (Å²) in [6.45, 7) is 6.02. The van der Waals surface area contributed by atoms with Crippen LogP contribution in [0.4, 0.5) is 0 Å². The maximum atomic E-state index is 12.4. The van der Waals surface area contributed by atoms with Gasteiger partial charge < -0.3 is 19.3 Å². The fourth-order valence-electron chi connectivity index (χ4n) is 4.09. The Morgan fingerprint density at radius 1 is 1.18 bits per heavy atom. The number of carbonyl (C=O) groups excluding carboxylic acids is 1. The number of thiophene rings is 1. The monoisotopic (exact) mass is 477 g/mol. The van der Waals surface area contributed by atoms with E-state index in [0.717, 1.165) is 55.4 Å². The lowest BCUT2D eigenvalue weighted by Crippen LogP contribution is -2.35. The summed E-state index contributed by atoms with van der Waals surface area (Å²) >= 11 is 1.75. The molecule has 1 N–H and O–H groups in total. The number of amides is 1. The van der Waals surface area contributed by atoms with E-state index < -0.39 is 0 Å². The lowest BCUT2D eigenvalue weighted by atomic mass is 10.0. The summed E-state index contributed by atoms with van der Waals surface area (Å²) in [7, 11) is 0. The van der Waals surface area contributed by atoms with Gasteiger partial charge in [0, 0.05) is 46.9 Å². The number of ether oxygens (including phenoxy) is 2. The predicted octanol–water partition coefficient (Wildman–Crippen LogP) is 4.39. The molecule has 2 aromatic heterocycles. The zero-order valence-corrected chi connectivity index (χ0v) is 19.9.